The van der Waals surface area contributed by atoms with Gasteiger partial charge in [-0.25, -0.2) is 0 Å². The van der Waals surface area contributed by atoms with Crippen LogP contribution in [0.5, 0.6) is 0 Å². The molecule has 1 unspecified atom stereocenters. The van der Waals surface area contributed by atoms with Gasteiger partial charge in [0.05, 0.1) is 11.9 Å². The number of nitrogens with one attached hydrogen (secondary N) is 1. The molecule has 0 saturated heterocycles. The van der Waals surface area contributed by atoms with Gasteiger partial charge in [-0.1, -0.05) is 43.5 Å². The van der Waals surface area contributed by atoms with Crippen molar-refractivity contribution >= 4 is 36.7 Å². The fraction of sp³-hybridized carbons (Fsp3) is 0.440. The van der Waals surface area contributed by atoms with Gasteiger partial charge in [-0.15, -0.1) is 11.8 Å². The summed E-state index contributed by atoms with van der Waals surface area (Å²) in [7, 11) is -0.422. The molecule has 1 saturated carbocycles. The van der Waals surface area contributed by atoms with Gasteiger partial charge in [0.25, 0.3) is 0 Å². The van der Waals surface area contributed by atoms with Gasteiger partial charge in [0.15, 0.2) is 5.78 Å². The number of anilines is 1. The van der Waals surface area contributed by atoms with Crippen LogP contribution >= 0.6 is 19.4 Å². The molecular formula is C25H30NO5PS. The molecule has 2 aromatic carbocycles. The SMILES string of the molecule is COP(=O)(Cc1ccc(NC(=O)C2SCC(=O)c3cc(C4CCCCC4)ccc32)cc1)OC. The average molecular weight is 488 g/mol. The number of hydrogen-bond donors (Lipinski definition) is 1. The molecule has 1 heterocycles. The second-order valence-electron chi connectivity index (χ2n) is 8.62. The fourth-order valence-electron chi connectivity index (χ4n) is 4.61. The Balaban J connectivity index is 1.47. The monoisotopic (exact) mass is 487 g/mol. The van der Waals surface area contributed by atoms with E-state index in [4.69, 9.17) is 9.05 Å². The molecule has 1 amide bonds. The molecule has 2 aromatic rings. The Hall–Kier alpha value is -1.92. The molecule has 176 valence electrons. The van der Waals surface area contributed by atoms with Gasteiger partial charge in [0, 0.05) is 25.5 Å². The van der Waals surface area contributed by atoms with Crippen molar-refractivity contribution in [2.45, 2.75) is 49.4 Å². The zero-order chi connectivity index (χ0) is 23.4. The molecule has 1 aliphatic heterocycles. The lowest BCUT2D eigenvalue weighted by molar-refractivity contribution is -0.115. The van der Waals surface area contributed by atoms with Crippen LogP contribution in [0.1, 0.15) is 70.3 Å². The summed E-state index contributed by atoms with van der Waals surface area (Å²) in [5.74, 6) is 0.776. The summed E-state index contributed by atoms with van der Waals surface area (Å²) in [4.78, 5) is 25.8. The Labute approximate surface area is 199 Å². The molecule has 0 bridgehead atoms. The Morgan fingerprint density at radius 2 is 1.76 bits per heavy atom. The molecule has 1 N–H and O–H groups in total. The summed E-state index contributed by atoms with van der Waals surface area (Å²) in [5.41, 5.74) is 4.16. The van der Waals surface area contributed by atoms with Gasteiger partial charge in [-0.3, -0.25) is 14.2 Å². The van der Waals surface area contributed by atoms with Gasteiger partial charge < -0.3 is 14.4 Å². The number of amides is 1. The summed E-state index contributed by atoms with van der Waals surface area (Å²) in [6.45, 7) is 0. The molecule has 1 fully saturated rings. The number of hydrogen-bond acceptors (Lipinski definition) is 6. The van der Waals surface area contributed by atoms with Gasteiger partial charge in [-0.2, -0.15) is 0 Å². The van der Waals surface area contributed by atoms with Gasteiger partial charge >= 0.3 is 7.60 Å². The van der Waals surface area contributed by atoms with E-state index in [1.165, 1.54) is 63.6 Å². The van der Waals surface area contributed by atoms with Crippen molar-refractivity contribution in [3.8, 4) is 0 Å². The van der Waals surface area contributed by atoms with Crippen LogP contribution in [0.25, 0.3) is 0 Å². The molecule has 1 atom stereocenters. The first-order valence-electron chi connectivity index (χ1n) is 11.3. The minimum Gasteiger partial charge on any atom is -0.325 e. The number of carbonyl (C=O) groups is 2. The van der Waals surface area contributed by atoms with Crippen LogP contribution in [0.4, 0.5) is 5.69 Å². The molecule has 2 aliphatic rings. The van der Waals surface area contributed by atoms with Crippen molar-refractivity contribution in [3.63, 3.8) is 0 Å². The van der Waals surface area contributed by atoms with Crippen LogP contribution in [0.2, 0.25) is 0 Å². The average Bonchev–Trinajstić information content (AvgIpc) is 2.85. The maximum absolute atomic E-state index is 13.1. The lowest BCUT2D eigenvalue weighted by atomic mass is 9.82. The predicted octanol–water partition coefficient (Wildman–Crippen LogP) is 6.33. The maximum Gasteiger partial charge on any atom is 0.334 e. The Kier molecular flexibility index (Phi) is 7.75. The van der Waals surface area contributed by atoms with Gasteiger partial charge in [-0.05, 0) is 53.6 Å². The largest absolute Gasteiger partial charge is 0.334 e. The fourth-order valence-corrected chi connectivity index (χ4v) is 6.74. The zero-order valence-corrected chi connectivity index (χ0v) is 20.8. The van der Waals surface area contributed by atoms with E-state index in [1.54, 1.807) is 24.3 Å². The minimum absolute atomic E-state index is 0.0989. The van der Waals surface area contributed by atoms with Crippen LogP contribution in [0, 0.1) is 0 Å². The molecule has 8 heteroatoms. The van der Waals surface area contributed by atoms with Crippen molar-refractivity contribution in [3.05, 3.63) is 64.7 Å². The summed E-state index contributed by atoms with van der Waals surface area (Å²) < 4.78 is 22.3. The van der Waals surface area contributed by atoms with Crippen LogP contribution < -0.4 is 5.32 Å². The van der Waals surface area contributed by atoms with Crippen LogP contribution in [-0.4, -0.2) is 31.7 Å². The van der Waals surface area contributed by atoms with Crippen molar-refractivity contribution in [1.29, 1.82) is 0 Å². The Morgan fingerprint density at radius 3 is 2.42 bits per heavy atom. The smallest absolute Gasteiger partial charge is 0.325 e. The van der Waals surface area contributed by atoms with Crippen molar-refractivity contribution < 1.29 is 23.2 Å². The van der Waals surface area contributed by atoms with E-state index in [1.807, 2.05) is 12.1 Å². The summed E-state index contributed by atoms with van der Waals surface area (Å²) in [6.07, 6.45) is 6.27. The lowest BCUT2D eigenvalue weighted by Gasteiger charge is -2.27. The van der Waals surface area contributed by atoms with E-state index in [-0.39, 0.29) is 17.9 Å². The van der Waals surface area contributed by atoms with Crippen molar-refractivity contribution in [2.24, 2.45) is 0 Å². The normalized spacial score (nSPS) is 19.2. The number of thioether (sulfide) groups is 1. The summed E-state index contributed by atoms with van der Waals surface area (Å²) >= 11 is 1.37. The Bertz CT molecular complexity index is 1060. The third-order valence-electron chi connectivity index (χ3n) is 6.51. The summed E-state index contributed by atoms with van der Waals surface area (Å²) in [6, 6.07) is 13.2. The molecule has 1 aliphatic carbocycles. The molecule has 0 spiro atoms. The van der Waals surface area contributed by atoms with E-state index in [2.05, 4.69) is 11.4 Å². The predicted molar refractivity (Wildman–Crippen MR) is 132 cm³/mol. The number of ketones is 1. The molecule has 6 nitrogen and oxygen atoms in total. The minimum atomic E-state index is -3.15. The highest BCUT2D eigenvalue weighted by molar-refractivity contribution is 8.01. The first kappa shape index (κ1) is 24.2. The number of carbonyl (C=O) groups excluding carboxylic acids is 2. The number of fused-ring (bicyclic) bond motifs is 1. The van der Waals surface area contributed by atoms with Crippen LogP contribution in [0.15, 0.2) is 42.5 Å². The van der Waals surface area contributed by atoms with E-state index in [0.717, 1.165) is 11.1 Å². The molecule has 0 radical (unpaired) electrons. The standard InChI is InChI=1S/C25H30NO5PS/c1-30-32(29,31-2)15-17-8-11-20(12-9-17)26-25(28)24-21-13-10-19(18-6-4-3-5-7-18)14-22(21)23(27)16-33-24/h8-14,18,24H,3-7,15-16H2,1-2H3,(H,26,28). The number of Topliss-reactive ketones (excluding diaryl/α,β-unsaturated/α-hetero) is 1. The van der Waals surface area contributed by atoms with Crippen molar-refractivity contribution in [1.82, 2.24) is 0 Å². The topological polar surface area (TPSA) is 81.7 Å². The van der Waals surface area contributed by atoms with Crippen molar-refractivity contribution in [2.75, 3.05) is 25.3 Å². The Morgan fingerprint density at radius 1 is 1.06 bits per heavy atom. The highest BCUT2D eigenvalue weighted by atomic mass is 32.2. The van der Waals surface area contributed by atoms with Crippen LogP contribution in [0.3, 0.4) is 0 Å². The third kappa shape index (κ3) is 5.60. The lowest BCUT2D eigenvalue weighted by Crippen LogP contribution is -2.26. The quantitative estimate of drug-likeness (QED) is 0.460. The molecule has 33 heavy (non-hydrogen) atoms. The third-order valence-corrected chi connectivity index (χ3v) is 9.61. The second kappa shape index (κ2) is 10.6. The molecule has 0 aromatic heterocycles. The first-order valence-corrected chi connectivity index (χ1v) is 14.1. The van der Waals surface area contributed by atoms with Gasteiger partial charge in [0.2, 0.25) is 5.91 Å². The van der Waals surface area contributed by atoms with Crippen LogP contribution in [-0.2, 0) is 24.6 Å². The van der Waals surface area contributed by atoms with E-state index in [0.29, 0.717) is 22.9 Å². The van der Waals surface area contributed by atoms with E-state index < -0.39 is 12.8 Å². The highest BCUT2D eigenvalue weighted by Gasteiger charge is 2.32. The summed E-state index contributed by atoms with van der Waals surface area (Å²) in [5, 5.41) is 2.53. The second-order valence-corrected chi connectivity index (χ2v) is 12.0. The number of rotatable bonds is 7. The molecule has 4 rings (SSSR count). The van der Waals surface area contributed by atoms with E-state index in [9.17, 15) is 14.2 Å². The van der Waals surface area contributed by atoms with E-state index >= 15 is 0 Å². The molecular weight excluding hydrogens is 457 g/mol. The zero-order valence-electron chi connectivity index (χ0n) is 19.0. The first-order chi connectivity index (χ1) is 15.9. The maximum atomic E-state index is 13.1. The highest BCUT2D eigenvalue weighted by Crippen LogP contribution is 2.49. The van der Waals surface area contributed by atoms with Gasteiger partial charge in [0.1, 0.15) is 5.25 Å². The number of benzene rings is 2.